The number of ether oxygens (including phenoxy) is 1. The molecule has 6 heteroatoms. The first-order valence-electron chi connectivity index (χ1n) is 8.23. The van der Waals surface area contributed by atoms with Gasteiger partial charge in [0.2, 0.25) is 0 Å². The summed E-state index contributed by atoms with van der Waals surface area (Å²) in [4.78, 5) is 8.40. The Labute approximate surface area is 137 Å². The highest BCUT2D eigenvalue weighted by Crippen LogP contribution is 2.09. The van der Waals surface area contributed by atoms with Crippen LogP contribution in [0.5, 0.6) is 0 Å². The Balaban J connectivity index is 1.60. The van der Waals surface area contributed by atoms with Gasteiger partial charge in [-0.1, -0.05) is 6.07 Å². The third-order valence-electron chi connectivity index (χ3n) is 3.61. The molecular formula is C16H28N4OS. The third-order valence-corrected chi connectivity index (χ3v) is 4.48. The van der Waals surface area contributed by atoms with Gasteiger partial charge in [-0.25, -0.2) is 4.99 Å². The molecule has 2 N–H and O–H groups in total. The zero-order chi connectivity index (χ0) is 15.5. The number of nitrogens with zero attached hydrogens (tertiary/aromatic N) is 2. The highest BCUT2D eigenvalue weighted by atomic mass is 32.1. The molecule has 0 aliphatic carbocycles. The van der Waals surface area contributed by atoms with Crippen LogP contribution >= 0.6 is 11.3 Å². The number of unbranched alkanes of at least 4 members (excludes halogenated alkanes) is 1. The topological polar surface area (TPSA) is 48.9 Å². The number of aliphatic imine (C=N–C) groups is 1. The van der Waals surface area contributed by atoms with Crippen LogP contribution in [0.15, 0.2) is 22.5 Å². The van der Waals surface area contributed by atoms with Crippen LogP contribution in [0.25, 0.3) is 0 Å². The second-order valence-electron chi connectivity index (χ2n) is 5.36. The molecule has 2 rings (SSSR count). The molecule has 0 radical (unpaired) electrons. The predicted octanol–water partition coefficient (Wildman–Crippen LogP) is 1.92. The van der Waals surface area contributed by atoms with Crippen LogP contribution in [0.3, 0.4) is 0 Å². The minimum atomic E-state index is 0.751. The molecule has 0 spiro atoms. The quantitative estimate of drug-likeness (QED) is 0.436. The first-order valence-corrected chi connectivity index (χ1v) is 9.11. The summed E-state index contributed by atoms with van der Waals surface area (Å²) in [5.74, 6) is 0.919. The summed E-state index contributed by atoms with van der Waals surface area (Å²) in [7, 11) is 0. The van der Waals surface area contributed by atoms with Gasteiger partial charge in [-0.05, 0) is 37.8 Å². The zero-order valence-electron chi connectivity index (χ0n) is 13.5. The molecule has 1 aromatic heterocycles. The zero-order valence-corrected chi connectivity index (χ0v) is 14.3. The largest absolute Gasteiger partial charge is 0.379 e. The first kappa shape index (κ1) is 17.2. The van der Waals surface area contributed by atoms with Crippen molar-refractivity contribution in [2.75, 3.05) is 45.9 Å². The highest BCUT2D eigenvalue weighted by Gasteiger charge is 2.09. The van der Waals surface area contributed by atoms with E-state index in [4.69, 9.17) is 4.74 Å². The number of thiophene rings is 1. The van der Waals surface area contributed by atoms with Gasteiger partial charge in [-0.15, -0.1) is 11.3 Å². The van der Waals surface area contributed by atoms with E-state index in [2.05, 4.69) is 45.0 Å². The molecule has 22 heavy (non-hydrogen) atoms. The van der Waals surface area contributed by atoms with Crippen molar-refractivity contribution in [3.8, 4) is 0 Å². The average Bonchev–Trinajstić information content (AvgIpc) is 3.06. The van der Waals surface area contributed by atoms with E-state index in [0.29, 0.717) is 0 Å². The maximum atomic E-state index is 5.37. The minimum absolute atomic E-state index is 0.751. The van der Waals surface area contributed by atoms with E-state index in [-0.39, 0.29) is 0 Å². The van der Waals surface area contributed by atoms with Crippen molar-refractivity contribution in [3.05, 3.63) is 22.4 Å². The average molecular weight is 324 g/mol. The second kappa shape index (κ2) is 10.6. The van der Waals surface area contributed by atoms with Crippen LogP contribution in [0.1, 0.15) is 24.6 Å². The number of hydrogen-bond donors (Lipinski definition) is 2. The predicted molar refractivity (Wildman–Crippen MR) is 93.6 cm³/mol. The lowest BCUT2D eigenvalue weighted by Crippen LogP contribution is -2.39. The molecule has 1 aromatic rings. The number of hydrogen-bond acceptors (Lipinski definition) is 4. The summed E-state index contributed by atoms with van der Waals surface area (Å²) < 4.78 is 5.37. The van der Waals surface area contributed by atoms with Crippen LogP contribution in [-0.2, 0) is 11.3 Å². The van der Waals surface area contributed by atoms with E-state index in [1.807, 2.05) is 0 Å². The van der Waals surface area contributed by atoms with Gasteiger partial charge in [0.1, 0.15) is 0 Å². The van der Waals surface area contributed by atoms with Gasteiger partial charge in [0.15, 0.2) is 5.96 Å². The van der Waals surface area contributed by atoms with E-state index in [0.717, 1.165) is 51.9 Å². The maximum Gasteiger partial charge on any atom is 0.191 e. The smallest absolute Gasteiger partial charge is 0.191 e. The molecule has 1 aliphatic heterocycles. The molecule has 5 nitrogen and oxygen atoms in total. The summed E-state index contributed by atoms with van der Waals surface area (Å²) in [5.41, 5.74) is 0. The Bertz CT molecular complexity index is 416. The van der Waals surface area contributed by atoms with Crippen molar-refractivity contribution in [1.82, 2.24) is 15.5 Å². The first-order chi connectivity index (χ1) is 10.9. The lowest BCUT2D eigenvalue weighted by atomic mass is 10.3. The molecule has 0 unspecified atom stereocenters. The normalized spacial score (nSPS) is 16.7. The molecule has 0 amide bonds. The Morgan fingerprint density at radius 2 is 2.18 bits per heavy atom. The Morgan fingerprint density at radius 3 is 2.91 bits per heavy atom. The van der Waals surface area contributed by atoms with Gasteiger partial charge in [-0.3, -0.25) is 4.90 Å². The number of morpholine rings is 1. The van der Waals surface area contributed by atoms with E-state index in [1.165, 1.54) is 24.3 Å². The SMILES string of the molecule is CCNC(=NCc1cccs1)NCCCCN1CCOCC1. The third kappa shape index (κ3) is 6.77. The fraction of sp³-hybridized carbons (Fsp3) is 0.688. The Kier molecular flexibility index (Phi) is 8.30. The Hall–Kier alpha value is -1.11. The van der Waals surface area contributed by atoms with E-state index < -0.39 is 0 Å². The number of rotatable bonds is 8. The fourth-order valence-corrected chi connectivity index (χ4v) is 3.02. The van der Waals surface area contributed by atoms with Crippen LogP contribution in [-0.4, -0.2) is 56.8 Å². The van der Waals surface area contributed by atoms with E-state index in [9.17, 15) is 0 Å². The van der Waals surface area contributed by atoms with Gasteiger partial charge in [0, 0.05) is 31.1 Å². The van der Waals surface area contributed by atoms with Gasteiger partial charge in [-0.2, -0.15) is 0 Å². The molecule has 0 atom stereocenters. The highest BCUT2D eigenvalue weighted by molar-refractivity contribution is 7.09. The summed E-state index contributed by atoms with van der Waals surface area (Å²) in [6, 6.07) is 4.20. The van der Waals surface area contributed by atoms with Crippen molar-refractivity contribution in [2.24, 2.45) is 4.99 Å². The van der Waals surface area contributed by atoms with Gasteiger partial charge in [0.25, 0.3) is 0 Å². The molecule has 124 valence electrons. The molecule has 2 heterocycles. The fourth-order valence-electron chi connectivity index (χ4n) is 2.39. The van der Waals surface area contributed by atoms with Gasteiger partial charge in [0.05, 0.1) is 19.8 Å². The van der Waals surface area contributed by atoms with Crippen molar-refractivity contribution >= 4 is 17.3 Å². The lowest BCUT2D eigenvalue weighted by Gasteiger charge is -2.26. The second-order valence-corrected chi connectivity index (χ2v) is 6.39. The molecule has 0 saturated carbocycles. The van der Waals surface area contributed by atoms with Crippen LogP contribution in [0, 0.1) is 0 Å². The summed E-state index contributed by atoms with van der Waals surface area (Å²) in [5, 5.41) is 8.82. The number of nitrogens with one attached hydrogen (secondary N) is 2. The molecular weight excluding hydrogens is 296 g/mol. The van der Waals surface area contributed by atoms with Crippen molar-refractivity contribution in [1.29, 1.82) is 0 Å². The van der Waals surface area contributed by atoms with Crippen LogP contribution in [0.2, 0.25) is 0 Å². The summed E-state index contributed by atoms with van der Waals surface area (Å²) >= 11 is 1.75. The molecule has 0 aromatic carbocycles. The molecule has 1 aliphatic rings. The van der Waals surface area contributed by atoms with Crippen molar-refractivity contribution in [3.63, 3.8) is 0 Å². The summed E-state index contributed by atoms with van der Waals surface area (Å²) in [6.07, 6.45) is 2.39. The lowest BCUT2D eigenvalue weighted by molar-refractivity contribution is 0.0372. The van der Waals surface area contributed by atoms with Gasteiger partial charge >= 0.3 is 0 Å². The molecule has 1 saturated heterocycles. The Morgan fingerprint density at radius 1 is 1.32 bits per heavy atom. The maximum absolute atomic E-state index is 5.37. The van der Waals surface area contributed by atoms with Gasteiger partial charge < -0.3 is 15.4 Å². The molecule has 1 fully saturated rings. The van der Waals surface area contributed by atoms with Crippen LogP contribution in [0.4, 0.5) is 0 Å². The van der Waals surface area contributed by atoms with Crippen LogP contribution < -0.4 is 10.6 Å². The minimum Gasteiger partial charge on any atom is -0.379 e. The van der Waals surface area contributed by atoms with Crippen molar-refractivity contribution < 1.29 is 4.74 Å². The number of guanidine groups is 1. The summed E-state index contributed by atoms with van der Waals surface area (Å²) in [6.45, 7) is 9.83. The molecule has 0 bridgehead atoms. The standard InChI is InChI=1S/C16H28N4OS/c1-2-17-16(19-14-15-6-5-13-22-15)18-7-3-4-8-20-9-11-21-12-10-20/h5-6,13H,2-4,7-12,14H2,1H3,(H2,17,18,19). The van der Waals surface area contributed by atoms with E-state index in [1.54, 1.807) is 11.3 Å². The van der Waals surface area contributed by atoms with E-state index >= 15 is 0 Å². The monoisotopic (exact) mass is 324 g/mol. The van der Waals surface area contributed by atoms with Crippen molar-refractivity contribution in [2.45, 2.75) is 26.3 Å².